The van der Waals surface area contributed by atoms with Gasteiger partial charge in [-0.25, -0.2) is 4.39 Å². The quantitative estimate of drug-likeness (QED) is 0.277. The van der Waals surface area contributed by atoms with Crippen LogP contribution in [-0.2, 0) is 9.53 Å². The number of pyridine rings is 1. The molecule has 51 heavy (non-hydrogen) atoms. The molecule has 0 aliphatic carbocycles. The van der Waals surface area contributed by atoms with Crippen molar-refractivity contribution in [2.45, 2.75) is 18.9 Å². The number of amides is 2. The Morgan fingerprint density at radius 3 is 2.57 bits per heavy atom. The highest BCUT2D eigenvalue weighted by Crippen LogP contribution is 2.49. The molecule has 3 saturated heterocycles. The lowest BCUT2D eigenvalue weighted by molar-refractivity contribution is -0.122. The fourth-order valence-electron chi connectivity index (χ4n) is 7.92. The van der Waals surface area contributed by atoms with Gasteiger partial charge in [0.15, 0.2) is 17.3 Å². The predicted octanol–water partition coefficient (Wildman–Crippen LogP) is 3.94. The third-order valence-corrected chi connectivity index (χ3v) is 10.8. The molecule has 3 aromatic carbocycles. The highest BCUT2D eigenvalue weighted by Gasteiger charge is 2.35. The Labute approximate surface area is 292 Å². The van der Waals surface area contributed by atoms with Crippen LogP contribution in [0.1, 0.15) is 23.2 Å². The number of fused-ring (bicyclic) bond motifs is 5. The second-order valence-electron chi connectivity index (χ2n) is 14.0. The highest BCUT2D eigenvalue weighted by molar-refractivity contribution is 6.07. The van der Waals surface area contributed by atoms with Crippen molar-refractivity contribution in [3.63, 3.8) is 0 Å². The van der Waals surface area contributed by atoms with Crippen LogP contribution < -0.4 is 20.4 Å². The number of ether oxygens (including phenoxy) is 2. The number of aromatic nitrogens is 1. The maximum absolute atomic E-state index is 16.5. The van der Waals surface area contributed by atoms with E-state index in [0.29, 0.717) is 86.9 Å². The number of hydrogen-bond acceptors (Lipinski definition) is 9. The van der Waals surface area contributed by atoms with E-state index in [1.54, 1.807) is 15.7 Å². The minimum absolute atomic E-state index is 0.0195. The van der Waals surface area contributed by atoms with Crippen LogP contribution in [-0.4, -0.2) is 116 Å². The second kappa shape index (κ2) is 12.7. The molecular formula is C38H39FN6O6. The largest absolute Gasteiger partial charge is 0.456 e. The number of nitrogens with zero attached hydrogens (tertiary/aromatic N) is 5. The molecule has 9 rings (SSSR count). The van der Waals surface area contributed by atoms with Gasteiger partial charge in [-0.2, -0.15) is 0 Å². The molecule has 12 nitrogen and oxygen atoms in total. The number of likely N-dealkylation sites (N-methyl/N-ethyl adjacent to an activating group) is 1. The molecule has 0 saturated carbocycles. The van der Waals surface area contributed by atoms with E-state index < -0.39 is 17.2 Å². The molecule has 0 unspecified atom stereocenters. The Hall–Kier alpha value is -4.98. The lowest BCUT2D eigenvalue weighted by atomic mass is 10.0. The van der Waals surface area contributed by atoms with Crippen LogP contribution in [0.2, 0.25) is 0 Å². The van der Waals surface area contributed by atoms with Crippen molar-refractivity contribution < 1.29 is 27.9 Å². The van der Waals surface area contributed by atoms with Crippen LogP contribution >= 0.6 is 0 Å². The van der Waals surface area contributed by atoms with E-state index in [2.05, 4.69) is 22.2 Å². The molecule has 2 amide bonds. The topological polar surface area (TPSA) is 113 Å². The van der Waals surface area contributed by atoms with E-state index in [1.807, 2.05) is 41.3 Å². The summed E-state index contributed by atoms with van der Waals surface area (Å²) in [6.45, 7) is 6.94. The van der Waals surface area contributed by atoms with Gasteiger partial charge < -0.3 is 43.4 Å². The van der Waals surface area contributed by atoms with E-state index in [1.165, 1.54) is 6.07 Å². The Morgan fingerprint density at radius 2 is 1.75 bits per heavy atom. The first-order valence-corrected chi connectivity index (χ1v) is 17.7. The summed E-state index contributed by atoms with van der Waals surface area (Å²) in [6.07, 6.45) is 2.59. The summed E-state index contributed by atoms with van der Waals surface area (Å²) in [4.78, 5) is 48.9. The number of para-hydroxylation sites is 1. The van der Waals surface area contributed by atoms with Gasteiger partial charge in [-0.3, -0.25) is 14.4 Å². The molecule has 0 bridgehead atoms. The SMILES string of the molecule is CN1CCN(CCC(=O)N[C@@H]2CCN(c3c(F)cc4c(=O)c(C(=O)N5CCOCC5)cn5c4c3Oc3cc4c(cc3-5)oc3ccccc34)C2)CC1. The number of benzene rings is 3. The van der Waals surface area contributed by atoms with Gasteiger partial charge >= 0.3 is 0 Å². The van der Waals surface area contributed by atoms with Crippen molar-refractivity contribution >= 4 is 50.3 Å². The number of halogens is 1. The third-order valence-electron chi connectivity index (χ3n) is 10.8. The molecule has 13 heteroatoms. The van der Waals surface area contributed by atoms with Gasteiger partial charge in [0, 0.05) is 94.4 Å². The zero-order valence-electron chi connectivity index (χ0n) is 28.5. The lowest BCUT2D eigenvalue weighted by Gasteiger charge is -2.32. The summed E-state index contributed by atoms with van der Waals surface area (Å²) < 4.78 is 36.5. The van der Waals surface area contributed by atoms with Gasteiger partial charge in [0.05, 0.1) is 24.3 Å². The number of morpholine rings is 1. The van der Waals surface area contributed by atoms with E-state index in [9.17, 15) is 14.4 Å². The van der Waals surface area contributed by atoms with Crippen molar-refractivity contribution in [2.75, 3.05) is 84.1 Å². The average Bonchev–Trinajstić information content (AvgIpc) is 3.75. The number of nitrogens with one attached hydrogen (secondary N) is 1. The van der Waals surface area contributed by atoms with Crippen molar-refractivity contribution in [2.24, 2.45) is 0 Å². The smallest absolute Gasteiger partial charge is 0.259 e. The summed E-state index contributed by atoms with van der Waals surface area (Å²) in [5, 5.41) is 4.94. The van der Waals surface area contributed by atoms with Crippen LogP contribution in [0.5, 0.6) is 11.5 Å². The number of carbonyl (C=O) groups excluding carboxylic acids is 2. The molecule has 0 spiro atoms. The van der Waals surface area contributed by atoms with Gasteiger partial charge in [0.2, 0.25) is 11.3 Å². The van der Waals surface area contributed by atoms with Gasteiger partial charge in [0.1, 0.15) is 27.9 Å². The van der Waals surface area contributed by atoms with Crippen LogP contribution in [0.15, 0.2) is 57.9 Å². The maximum Gasteiger partial charge on any atom is 0.259 e. The second-order valence-corrected chi connectivity index (χ2v) is 14.0. The first-order chi connectivity index (χ1) is 24.8. The van der Waals surface area contributed by atoms with Gasteiger partial charge in [-0.05, 0) is 31.7 Å². The van der Waals surface area contributed by atoms with Crippen LogP contribution in [0.4, 0.5) is 10.1 Å². The lowest BCUT2D eigenvalue weighted by Crippen LogP contribution is -2.46. The fourth-order valence-corrected chi connectivity index (χ4v) is 7.92. The molecule has 1 N–H and O–H groups in total. The van der Waals surface area contributed by atoms with Crippen molar-refractivity contribution in [1.82, 2.24) is 24.6 Å². The third kappa shape index (κ3) is 5.60. The summed E-state index contributed by atoms with van der Waals surface area (Å²) in [5.74, 6) is -0.430. The number of furan rings is 1. The molecule has 6 heterocycles. The average molecular weight is 695 g/mol. The first kappa shape index (κ1) is 32.0. The summed E-state index contributed by atoms with van der Waals surface area (Å²) in [5.41, 5.74) is 1.87. The number of carbonyl (C=O) groups is 2. The van der Waals surface area contributed by atoms with Gasteiger partial charge in [-0.15, -0.1) is 0 Å². The highest BCUT2D eigenvalue weighted by atomic mass is 19.1. The van der Waals surface area contributed by atoms with Gasteiger partial charge in [0.25, 0.3) is 5.91 Å². The van der Waals surface area contributed by atoms with Gasteiger partial charge in [-0.1, -0.05) is 18.2 Å². The molecule has 5 aromatic rings. The van der Waals surface area contributed by atoms with E-state index in [0.717, 1.165) is 37.0 Å². The molecule has 3 fully saturated rings. The molecule has 4 aliphatic rings. The normalized spacial score (nSPS) is 19.5. The van der Waals surface area contributed by atoms with E-state index >= 15 is 4.39 Å². The minimum atomic E-state index is -0.627. The van der Waals surface area contributed by atoms with Crippen molar-refractivity contribution in [3.8, 4) is 17.2 Å². The van der Waals surface area contributed by atoms with Crippen molar-refractivity contribution in [3.05, 3.63) is 70.3 Å². The molecule has 264 valence electrons. The molecule has 1 atom stereocenters. The zero-order chi connectivity index (χ0) is 34.8. The summed E-state index contributed by atoms with van der Waals surface area (Å²) in [6, 6.07) is 12.5. The van der Waals surface area contributed by atoms with Crippen molar-refractivity contribution in [1.29, 1.82) is 0 Å². The number of hydrogen-bond donors (Lipinski definition) is 1. The van der Waals surface area contributed by atoms with E-state index in [-0.39, 0.29) is 34.3 Å². The minimum Gasteiger partial charge on any atom is -0.456 e. The Bertz CT molecular complexity index is 2270. The predicted molar refractivity (Wildman–Crippen MR) is 191 cm³/mol. The molecule has 0 radical (unpaired) electrons. The number of rotatable bonds is 6. The van der Waals surface area contributed by atoms with Crippen LogP contribution in [0, 0.1) is 5.82 Å². The van der Waals surface area contributed by atoms with Crippen LogP contribution in [0.25, 0.3) is 38.5 Å². The molecule has 2 aromatic heterocycles. The molecule has 4 aliphatic heterocycles. The fraction of sp³-hybridized carbons (Fsp3) is 0.395. The zero-order valence-corrected chi connectivity index (χ0v) is 28.5. The number of piperazine rings is 1. The Kier molecular flexibility index (Phi) is 7.93. The Balaban J connectivity index is 1.09. The number of anilines is 1. The summed E-state index contributed by atoms with van der Waals surface area (Å²) >= 11 is 0. The van der Waals surface area contributed by atoms with Crippen LogP contribution in [0.3, 0.4) is 0 Å². The van der Waals surface area contributed by atoms with E-state index in [4.69, 9.17) is 13.9 Å². The molecular weight excluding hydrogens is 655 g/mol. The monoisotopic (exact) mass is 694 g/mol. The maximum atomic E-state index is 16.5. The standard InChI is InChI=1S/C38H39FN6O6/c1-41-10-12-42(13-11-41)8-7-33(46)40-23-6-9-44(21-23)35-28(39)18-26-34-37(35)51-32-19-25-24-4-2-3-5-30(24)50-31(25)20-29(32)45(34)22-27(36(26)47)38(48)43-14-16-49-17-15-43/h2-5,18-20,22-23H,6-17,21H2,1H3,(H,40,46)/t23-/m1/s1. The first-order valence-electron chi connectivity index (χ1n) is 17.7. The Morgan fingerprint density at radius 1 is 0.941 bits per heavy atom. The summed E-state index contributed by atoms with van der Waals surface area (Å²) in [7, 11) is 2.11.